The van der Waals surface area contributed by atoms with Gasteiger partial charge in [0.05, 0.1) is 16.5 Å². The summed E-state index contributed by atoms with van der Waals surface area (Å²) in [6.07, 6.45) is 0. The largest absolute Gasteiger partial charge is 0.380 e. The quantitative estimate of drug-likeness (QED) is 0.733. The van der Waals surface area contributed by atoms with Crippen molar-refractivity contribution in [2.75, 3.05) is 18.4 Å². The minimum absolute atomic E-state index is 0.305. The fourth-order valence-electron chi connectivity index (χ4n) is 2.42. The summed E-state index contributed by atoms with van der Waals surface area (Å²) in [7, 11) is -3.42. The first kappa shape index (κ1) is 19.4. The van der Waals surface area contributed by atoms with Crippen LogP contribution in [0.4, 0.5) is 5.69 Å². The number of hydrogen-bond acceptors (Lipinski definition) is 4. The molecule has 0 aliphatic carbocycles. The van der Waals surface area contributed by atoms with Crippen molar-refractivity contribution in [2.24, 2.45) is 0 Å². The Morgan fingerprint density at radius 3 is 2.28 bits per heavy atom. The number of nitriles is 1. The molecule has 2 aromatic rings. The topological polar surface area (TPSA) is 73.2 Å². The lowest BCUT2D eigenvalue weighted by molar-refractivity contribution is 0.445. The molecule has 0 atom stereocenters. The minimum atomic E-state index is -3.42. The summed E-state index contributed by atoms with van der Waals surface area (Å²) in [6.45, 7) is 5.11. The number of benzene rings is 2. The van der Waals surface area contributed by atoms with Gasteiger partial charge in [-0.3, -0.25) is 0 Å². The van der Waals surface area contributed by atoms with Crippen molar-refractivity contribution in [1.82, 2.24) is 4.31 Å². The molecule has 0 heterocycles. The van der Waals surface area contributed by atoms with Gasteiger partial charge in [-0.2, -0.15) is 9.57 Å². The van der Waals surface area contributed by atoms with Crippen LogP contribution in [0, 0.1) is 11.3 Å². The van der Waals surface area contributed by atoms with E-state index in [9.17, 15) is 8.42 Å². The molecule has 0 saturated carbocycles. The van der Waals surface area contributed by atoms with Gasteiger partial charge in [-0.1, -0.05) is 26.0 Å². The maximum absolute atomic E-state index is 12.5. The molecule has 1 N–H and O–H groups in total. The molecule has 0 radical (unpaired) electrons. The van der Waals surface area contributed by atoms with Crippen molar-refractivity contribution < 1.29 is 8.42 Å². The Labute approximate surface area is 157 Å². The standard InChI is InChI=1S/C18H20BrN3O2S/c1-3-22(4-2)25(23,24)16-8-5-14(6-9-16)13-21-18-10-7-15(12-20)11-17(18)19/h5-11,21H,3-4,13H2,1-2H3. The maximum Gasteiger partial charge on any atom is 0.243 e. The van der Waals surface area contributed by atoms with Gasteiger partial charge in [0.1, 0.15) is 0 Å². The van der Waals surface area contributed by atoms with Gasteiger partial charge in [-0.05, 0) is 51.8 Å². The molecule has 7 heteroatoms. The third-order valence-corrected chi connectivity index (χ3v) is 6.57. The van der Waals surface area contributed by atoms with Crippen LogP contribution in [-0.2, 0) is 16.6 Å². The van der Waals surface area contributed by atoms with E-state index in [1.165, 1.54) is 4.31 Å². The monoisotopic (exact) mass is 421 g/mol. The summed E-state index contributed by atoms with van der Waals surface area (Å²) in [5.74, 6) is 0. The van der Waals surface area contributed by atoms with E-state index in [4.69, 9.17) is 5.26 Å². The summed E-state index contributed by atoms with van der Waals surface area (Å²) in [4.78, 5) is 0.305. The molecule has 0 fully saturated rings. The summed E-state index contributed by atoms with van der Waals surface area (Å²) >= 11 is 3.43. The van der Waals surface area contributed by atoms with Crippen molar-refractivity contribution in [2.45, 2.75) is 25.3 Å². The Bertz CT molecular complexity index is 870. The molecule has 2 rings (SSSR count). The van der Waals surface area contributed by atoms with Crippen molar-refractivity contribution >= 4 is 31.6 Å². The second-order valence-corrected chi connectivity index (χ2v) is 8.19. The van der Waals surface area contributed by atoms with Gasteiger partial charge < -0.3 is 5.32 Å². The fourth-order valence-corrected chi connectivity index (χ4v) is 4.39. The third-order valence-electron chi connectivity index (χ3n) is 3.85. The first-order chi connectivity index (χ1) is 11.9. The summed E-state index contributed by atoms with van der Waals surface area (Å²) in [5, 5.41) is 12.2. The lowest BCUT2D eigenvalue weighted by Gasteiger charge is -2.18. The zero-order chi connectivity index (χ0) is 18.4. The second kappa shape index (κ2) is 8.48. The van der Waals surface area contributed by atoms with Gasteiger partial charge in [0.2, 0.25) is 10.0 Å². The van der Waals surface area contributed by atoms with Crippen molar-refractivity contribution in [3.63, 3.8) is 0 Å². The molecule has 5 nitrogen and oxygen atoms in total. The predicted molar refractivity (Wildman–Crippen MR) is 103 cm³/mol. The molecule has 0 unspecified atom stereocenters. The molecule has 0 aromatic heterocycles. The lowest BCUT2D eigenvalue weighted by atomic mass is 10.2. The molecular weight excluding hydrogens is 402 g/mol. The van der Waals surface area contributed by atoms with E-state index < -0.39 is 10.0 Å². The van der Waals surface area contributed by atoms with Gasteiger partial charge in [-0.15, -0.1) is 0 Å². The van der Waals surface area contributed by atoms with Crippen LogP contribution in [-0.4, -0.2) is 25.8 Å². The molecular formula is C18H20BrN3O2S. The van der Waals surface area contributed by atoms with E-state index in [2.05, 4.69) is 27.3 Å². The molecule has 0 saturated heterocycles. The van der Waals surface area contributed by atoms with Gasteiger partial charge >= 0.3 is 0 Å². The summed E-state index contributed by atoms with van der Waals surface area (Å²) < 4.78 is 27.2. The zero-order valence-electron chi connectivity index (χ0n) is 14.2. The normalized spacial score (nSPS) is 11.3. The molecule has 0 amide bonds. The smallest absolute Gasteiger partial charge is 0.243 e. The Kier molecular flexibility index (Phi) is 6.59. The van der Waals surface area contributed by atoms with Crippen molar-refractivity contribution in [1.29, 1.82) is 5.26 Å². The number of anilines is 1. The average molecular weight is 422 g/mol. The first-order valence-corrected chi connectivity index (χ1v) is 10.2. The van der Waals surface area contributed by atoms with Crippen LogP contribution in [0.3, 0.4) is 0 Å². The predicted octanol–water partition coefficient (Wildman–Crippen LogP) is 3.96. The van der Waals surface area contributed by atoms with Crippen LogP contribution in [0.1, 0.15) is 25.0 Å². The summed E-state index contributed by atoms with van der Waals surface area (Å²) in [6, 6.07) is 14.3. The Hall–Kier alpha value is -1.88. The number of halogens is 1. The highest BCUT2D eigenvalue weighted by atomic mass is 79.9. The Morgan fingerprint density at radius 1 is 1.12 bits per heavy atom. The molecule has 0 spiro atoms. The molecule has 2 aromatic carbocycles. The van der Waals surface area contributed by atoms with Crippen LogP contribution >= 0.6 is 15.9 Å². The van der Waals surface area contributed by atoms with Gasteiger partial charge in [-0.25, -0.2) is 8.42 Å². The van der Waals surface area contributed by atoms with Crippen molar-refractivity contribution in [3.05, 3.63) is 58.1 Å². The number of sulfonamides is 1. The number of nitrogens with zero attached hydrogens (tertiary/aromatic N) is 2. The van der Waals surface area contributed by atoms with Gasteiger partial charge in [0.25, 0.3) is 0 Å². The van der Waals surface area contributed by atoms with Crippen LogP contribution in [0.15, 0.2) is 51.8 Å². The summed E-state index contributed by atoms with van der Waals surface area (Å²) in [5.41, 5.74) is 2.43. The highest BCUT2D eigenvalue weighted by Crippen LogP contribution is 2.24. The second-order valence-electron chi connectivity index (χ2n) is 5.39. The van der Waals surface area contributed by atoms with Crippen molar-refractivity contribution in [3.8, 4) is 6.07 Å². The fraction of sp³-hybridized carbons (Fsp3) is 0.278. The SMILES string of the molecule is CCN(CC)S(=O)(=O)c1ccc(CNc2ccc(C#N)cc2Br)cc1. The van der Waals surface area contributed by atoms with E-state index in [0.717, 1.165) is 15.7 Å². The number of nitrogens with one attached hydrogen (secondary N) is 1. The van der Waals surface area contributed by atoms with Gasteiger partial charge in [0.15, 0.2) is 0 Å². The highest BCUT2D eigenvalue weighted by molar-refractivity contribution is 9.10. The minimum Gasteiger partial charge on any atom is -0.380 e. The third kappa shape index (κ3) is 4.60. The average Bonchev–Trinajstić information content (AvgIpc) is 2.61. The van der Waals surface area contributed by atoms with Crippen LogP contribution in [0.2, 0.25) is 0 Å². The first-order valence-electron chi connectivity index (χ1n) is 7.95. The molecule has 132 valence electrons. The van der Waals surface area contributed by atoms with Gasteiger partial charge in [0, 0.05) is 29.8 Å². The number of hydrogen-bond donors (Lipinski definition) is 1. The van der Waals surface area contributed by atoms with E-state index in [0.29, 0.717) is 30.1 Å². The van der Waals surface area contributed by atoms with E-state index >= 15 is 0 Å². The maximum atomic E-state index is 12.5. The molecule has 25 heavy (non-hydrogen) atoms. The Balaban J connectivity index is 2.10. The lowest BCUT2D eigenvalue weighted by Crippen LogP contribution is -2.30. The number of rotatable bonds is 7. The van der Waals surface area contributed by atoms with Crippen LogP contribution in [0.25, 0.3) is 0 Å². The van der Waals surface area contributed by atoms with Crippen LogP contribution in [0.5, 0.6) is 0 Å². The molecule has 0 aliphatic heterocycles. The van der Waals surface area contributed by atoms with E-state index in [1.54, 1.807) is 36.4 Å². The molecule has 0 bridgehead atoms. The zero-order valence-corrected chi connectivity index (χ0v) is 16.6. The van der Waals surface area contributed by atoms with Crippen LogP contribution < -0.4 is 5.32 Å². The highest BCUT2D eigenvalue weighted by Gasteiger charge is 2.21. The van der Waals surface area contributed by atoms with E-state index in [1.807, 2.05) is 19.9 Å². The molecule has 0 aliphatic rings. The Morgan fingerprint density at radius 2 is 1.76 bits per heavy atom. The van der Waals surface area contributed by atoms with E-state index in [-0.39, 0.29) is 0 Å².